The van der Waals surface area contributed by atoms with E-state index in [1.807, 2.05) is 30.3 Å². The average Bonchev–Trinajstić information content (AvgIpc) is 2.47. The normalized spacial score (nSPS) is 17.5. The summed E-state index contributed by atoms with van der Waals surface area (Å²) in [6.07, 6.45) is -0.593. The predicted octanol–water partition coefficient (Wildman–Crippen LogP) is 1.83. The number of nitrogens with zero attached hydrogens (tertiary/aromatic N) is 2. The van der Waals surface area contributed by atoms with Gasteiger partial charge >= 0.3 is 6.09 Å². The lowest BCUT2D eigenvalue weighted by Gasteiger charge is -2.46. The van der Waals surface area contributed by atoms with Crippen molar-refractivity contribution in [2.24, 2.45) is 0 Å². The molecule has 0 bridgehead atoms. The zero-order valence-electron chi connectivity index (χ0n) is 14.7. The molecule has 25 heavy (non-hydrogen) atoms. The molecule has 1 atom stereocenters. The molecule has 1 amide bonds. The minimum Gasteiger partial charge on any atom is -0.444 e. The molecule has 138 valence electrons. The number of rotatable bonds is 6. The van der Waals surface area contributed by atoms with Gasteiger partial charge in [0.1, 0.15) is 12.2 Å². The van der Waals surface area contributed by atoms with Crippen LogP contribution >= 0.6 is 0 Å². The third-order valence-corrected chi connectivity index (χ3v) is 3.84. The van der Waals surface area contributed by atoms with Crippen LogP contribution in [0.5, 0.6) is 0 Å². The van der Waals surface area contributed by atoms with Crippen LogP contribution in [0.1, 0.15) is 26.3 Å². The minimum absolute atomic E-state index is 0.151. The van der Waals surface area contributed by atoms with Gasteiger partial charge in [-0.1, -0.05) is 30.3 Å². The number of amides is 1. The molecular weight excluding hydrogens is 328 g/mol. The quantitative estimate of drug-likeness (QED) is 0.619. The van der Waals surface area contributed by atoms with Crippen LogP contribution in [0.3, 0.4) is 0 Å². The molecule has 0 spiro atoms. The van der Waals surface area contributed by atoms with Crippen LogP contribution in [-0.4, -0.2) is 58.0 Å². The molecule has 1 aliphatic heterocycles. The fourth-order valence-electron chi connectivity index (χ4n) is 2.56. The predicted molar refractivity (Wildman–Crippen MR) is 89.6 cm³/mol. The van der Waals surface area contributed by atoms with Gasteiger partial charge in [0.2, 0.25) is 0 Å². The van der Waals surface area contributed by atoms with Crippen molar-refractivity contribution in [3.05, 3.63) is 46.0 Å². The Balaban J connectivity index is 1.88. The second kappa shape index (κ2) is 7.37. The fraction of sp³-hybridized carbons (Fsp3) is 0.588. The van der Waals surface area contributed by atoms with Crippen molar-refractivity contribution in [3.63, 3.8) is 0 Å². The van der Waals surface area contributed by atoms with Crippen molar-refractivity contribution >= 4 is 6.09 Å². The lowest BCUT2D eigenvalue weighted by Crippen LogP contribution is -2.71. The standard InChI is InChI=1S/C17H24N2O6/c1-16(2,3)25-15(20)18-11-17(21,12-18)14(19(22)23)10-24-9-13-7-5-4-6-8-13/h4-8,14,21H,9-12H2,1-3H3. The Morgan fingerprint density at radius 1 is 1.36 bits per heavy atom. The summed E-state index contributed by atoms with van der Waals surface area (Å²) in [5.74, 6) is 0. The maximum atomic E-state index is 11.9. The fourth-order valence-corrected chi connectivity index (χ4v) is 2.56. The van der Waals surface area contributed by atoms with E-state index < -0.39 is 28.3 Å². The third-order valence-electron chi connectivity index (χ3n) is 3.84. The molecule has 1 unspecified atom stereocenters. The lowest BCUT2D eigenvalue weighted by atomic mass is 9.87. The van der Waals surface area contributed by atoms with Gasteiger partial charge in [-0.2, -0.15) is 0 Å². The Morgan fingerprint density at radius 2 is 1.96 bits per heavy atom. The monoisotopic (exact) mass is 352 g/mol. The van der Waals surface area contributed by atoms with Crippen molar-refractivity contribution < 1.29 is 24.3 Å². The molecule has 8 heteroatoms. The maximum absolute atomic E-state index is 11.9. The Hall–Kier alpha value is -2.19. The number of hydrogen-bond acceptors (Lipinski definition) is 6. The molecule has 1 aliphatic rings. The zero-order chi connectivity index (χ0) is 18.7. The molecule has 1 fully saturated rings. The maximum Gasteiger partial charge on any atom is 0.410 e. The first-order chi connectivity index (χ1) is 11.6. The highest BCUT2D eigenvalue weighted by molar-refractivity contribution is 5.69. The summed E-state index contributed by atoms with van der Waals surface area (Å²) in [5, 5.41) is 21.8. The van der Waals surface area contributed by atoms with Gasteiger partial charge in [-0.3, -0.25) is 10.1 Å². The van der Waals surface area contributed by atoms with E-state index in [0.29, 0.717) is 0 Å². The van der Waals surface area contributed by atoms with Crippen LogP contribution in [0.25, 0.3) is 0 Å². The Bertz CT molecular complexity index is 607. The number of β-amino-alcohol motifs (C(OH)–C–C–N with tert-alkyl or cyclic N) is 1. The van der Waals surface area contributed by atoms with E-state index in [2.05, 4.69) is 0 Å². The number of carbonyl (C=O) groups is 1. The molecule has 1 saturated heterocycles. The number of carbonyl (C=O) groups excluding carboxylic acids is 1. The van der Waals surface area contributed by atoms with Crippen LogP contribution in [-0.2, 0) is 16.1 Å². The lowest BCUT2D eigenvalue weighted by molar-refractivity contribution is -0.554. The Labute approximate surface area is 146 Å². The van der Waals surface area contributed by atoms with Gasteiger partial charge in [-0.15, -0.1) is 0 Å². The highest BCUT2D eigenvalue weighted by atomic mass is 16.6. The van der Waals surface area contributed by atoms with Crippen LogP contribution in [0.2, 0.25) is 0 Å². The Morgan fingerprint density at radius 3 is 2.48 bits per heavy atom. The van der Waals surface area contributed by atoms with Crippen molar-refractivity contribution in [1.82, 2.24) is 4.90 Å². The van der Waals surface area contributed by atoms with Gasteiger partial charge in [0.05, 0.1) is 19.7 Å². The van der Waals surface area contributed by atoms with E-state index in [0.717, 1.165) is 5.56 Å². The van der Waals surface area contributed by atoms with Crippen molar-refractivity contribution in [3.8, 4) is 0 Å². The largest absolute Gasteiger partial charge is 0.444 e. The molecule has 0 saturated carbocycles. The van der Waals surface area contributed by atoms with E-state index in [-0.39, 0.29) is 26.3 Å². The van der Waals surface area contributed by atoms with E-state index >= 15 is 0 Å². The van der Waals surface area contributed by atoms with Crippen LogP contribution in [0, 0.1) is 10.1 Å². The van der Waals surface area contributed by atoms with Crippen LogP contribution < -0.4 is 0 Å². The zero-order valence-corrected chi connectivity index (χ0v) is 14.7. The van der Waals surface area contributed by atoms with Gasteiger partial charge in [0.15, 0.2) is 5.60 Å². The second-order valence-corrected chi connectivity index (χ2v) is 7.24. The van der Waals surface area contributed by atoms with Gasteiger partial charge in [-0.05, 0) is 26.3 Å². The van der Waals surface area contributed by atoms with E-state index in [9.17, 15) is 20.0 Å². The molecule has 0 aliphatic carbocycles. The number of ether oxygens (including phenoxy) is 2. The van der Waals surface area contributed by atoms with Crippen LogP contribution in [0.4, 0.5) is 4.79 Å². The topological polar surface area (TPSA) is 102 Å². The number of benzene rings is 1. The van der Waals surface area contributed by atoms with Crippen molar-refractivity contribution in [2.75, 3.05) is 19.7 Å². The SMILES string of the molecule is CC(C)(C)OC(=O)N1CC(O)(C(COCc2ccccc2)[N+](=O)[O-])C1. The van der Waals surface area contributed by atoms with E-state index in [1.165, 1.54) is 4.90 Å². The Kier molecular flexibility index (Phi) is 5.64. The minimum atomic E-state index is -1.61. The summed E-state index contributed by atoms with van der Waals surface area (Å²) in [5.41, 5.74) is -1.39. The average molecular weight is 352 g/mol. The van der Waals surface area contributed by atoms with Gasteiger partial charge in [0.25, 0.3) is 6.04 Å². The second-order valence-electron chi connectivity index (χ2n) is 7.24. The van der Waals surface area contributed by atoms with E-state index in [1.54, 1.807) is 20.8 Å². The first-order valence-electron chi connectivity index (χ1n) is 8.06. The van der Waals surface area contributed by atoms with Gasteiger partial charge in [-0.25, -0.2) is 4.79 Å². The molecule has 2 rings (SSSR count). The number of likely N-dealkylation sites (tertiary alicyclic amines) is 1. The first-order valence-corrected chi connectivity index (χ1v) is 8.06. The molecule has 8 nitrogen and oxygen atoms in total. The highest BCUT2D eigenvalue weighted by Crippen LogP contribution is 2.28. The molecule has 1 aromatic rings. The molecule has 1 heterocycles. The molecule has 0 radical (unpaired) electrons. The summed E-state index contributed by atoms with van der Waals surface area (Å²) in [6.45, 7) is 4.87. The molecular formula is C17H24N2O6. The summed E-state index contributed by atoms with van der Waals surface area (Å²) in [6, 6.07) is 7.96. The number of aliphatic hydroxyl groups is 1. The molecule has 0 aromatic heterocycles. The van der Waals surface area contributed by atoms with Gasteiger partial charge in [0, 0.05) is 4.92 Å². The molecule has 1 aromatic carbocycles. The number of hydrogen-bond donors (Lipinski definition) is 1. The van der Waals surface area contributed by atoms with E-state index in [4.69, 9.17) is 9.47 Å². The number of nitro groups is 1. The van der Waals surface area contributed by atoms with Gasteiger partial charge < -0.3 is 19.5 Å². The summed E-state index contributed by atoms with van der Waals surface area (Å²) in [7, 11) is 0. The first kappa shape index (κ1) is 19.1. The van der Waals surface area contributed by atoms with Crippen molar-refractivity contribution in [1.29, 1.82) is 0 Å². The summed E-state index contributed by atoms with van der Waals surface area (Å²) in [4.78, 5) is 23.9. The summed E-state index contributed by atoms with van der Waals surface area (Å²) < 4.78 is 10.6. The highest BCUT2D eigenvalue weighted by Gasteiger charge is 2.56. The summed E-state index contributed by atoms with van der Waals surface area (Å²) >= 11 is 0. The van der Waals surface area contributed by atoms with Crippen molar-refractivity contribution in [2.45, 2.75) is 44.6 Å². The van der Waals surface area contributed by atoms with Crippen LogP contribution in [0.15, 0.2) is 30.3 Å². The smallest absolute Gasteiger partial charge is 0.410 e. The third kappa shape index (κ3) is 5.14. The molecule has 1 N–H and O–H groups in total.